The molecule has 1 atom stereocenters. The lowest BCUT2D eigenvalue weighted by Crippen LogP contribution is -2.32. The van der Waals surface area contributed by atoms with Crippen LogP contribution in [-0.2, 0) is 16.0 Å². The second-order valence-electron chi connectivity index (χ2n) is 6.32. The molecule has 5 nitrogen and oxygen atoms in total. The number of hydrogen-bond acceptors (Lipinski definition) is 4. The molecule has 150 valence electrons. The molecule has 2 rings (SSSR count). The van der Waals surface area contributed by atoms with Gasteiger partial charge in [0.1, 0.15) is 13.2 Å². The van der Waals surface area contributed by atoms with Crippen LogP contribution in [0.5, 0.6) is 11.5 Å². The van der Waals surface area contributed by atoms with Crippen LogP contribution in [0.4, 0.5) is 0 Å². The molecule has 1 amide bonds. The van der Waals surface area contributed by atoms with Gasteiger partial charge in [0, 0.05) is 6.54 Å². The number of benzene rings is 2. The van der Waals surface area contributed by atoms with E-state index in [0.717, 1.165) is 16.7 Å². The summed E-state index contributed by atoms with van der Waals surface area (Å²) >= 11 is 0. The average Bonchev–Trinajstić information content (AvgIpc) is 2.74. The van der Waals surface area contributed by atoms with E-state index in [-0.39, 0.29) is 19.1 Å². The standard InChI is InChI=1S/C24H25NO4/c1-5-15-28-21-12-9-19(17-22(21)27-4)13-14-25-24(26)23(29-16-6-2)20-10-7-18(3)8-11-20/h1-2,7-12,17,23H,13-16H2,3-4H3,(H,25,26)/t23-/m0/s1. The Bertz CT molecular complexity index is 891. The van der Waals surface area contributed by atoms with Crippen LogP contribution in [0.15, 0.2) is 42.5 Å². The minimum absolute atomic E-state index is 0.0578. The third kappa shape index (κ3) is 6.60. The van der Waals surface area contributed by atoms with Gasteiger partial charge in [0.25, 0.3) is 5.91 Å². The van der Waals surface area contributed by atoms with E-state index in [1.54, 1.807) is 13.2 Å². The predicted molar refractivity (Wildman–Crippen MR) is 113 cm³/mol. The van der Waals surface area contributed by atoms with Crippen molar-refractivity contribution in [2.24, 2.45) is 0 Å². The van der Waals surface area contributed by atoms with Crippen LogP contribution in [0.2, 0.25) is 0 Å². The Balaban J connectivity index is 1.98. The predicted octanol–water partition coefficient (Wildman–Crippen LogP) is 3.07. The molecule has 1 N–H and O–H groups in total. The zero-order chi connectivity index (χ0) is 21.1. The van der Waals surface area contributed by atoms with Crippen molar-refractivity contribution in [3.63, 3.8) is 0 Å². The molecule has 29 heavy (non-hydrogen) atoms. The maximum atomic E-state index is 12.7. The van der Waals surface area contributed by atoms with Crippen LogP contribution in [0.1, 0.15) is 22.8 Å². The Hall–Kier alpha value is -3.41. The van der Waals surface area contributed by atoms with Crippen molar-refractivity contribution < 1.29 is 19.0 Å². The van der Waals surface area contributed by atoms with Gasteiger partial charge in [-0.05, 0) is 36.6 Å². The molecule has 0 heterocycles. The van der Waals surface area contributed by atoms with Crippen molar-refractivity contribution in [3.05, 3.63) is 59.2 Å². The minimum Gasteiger partial charge on any atom is -0.493 e. The summed E-state index contributed by atoms with van der Waals surface area (Å²) < 4.78 is 16.3. The molecule has 2 aromatic carbocycles. The second kappa shape index (κ2) is 11.4. The summed E-state index contributed by atoms with van der Waals surface area (Å²) in [7, 11) is 1.57. The lowest BCUT2D eigenvalue weighted by atomic mass is 10.1. The first kappa shape index (κ1) is 21.9. The third-order valence-electron chi connectivity index (χ3n) is 4.20. The molecule has 0 aromatic heterocycles. The van der Waals surface area contributed by atoms with Crippen LogP contribution < -0.4 is 14.8 Å². The number of hydrogen-bond donors (Lipinski definition) is 1. The van der Waals surface area contributed by atoms with E-state index in [4.69, 9.17) is 27.1 Å². The largest absolute Gasteiger partial charge is 0.493 e. The molecule has 0 bridgehead atoms. The van der Waals surface area contributed by atoms with E-state index in [2.05, 4.69) is 17.2 Å². The highest BCUT2D eigenvalue weighted by Crippen LogP contribution is 2.28. The maximum absolute atomic E-state index is 12.7. The van der Waals surface area contributed by atoms with Gasteiger partial charge in [-0.25, -0.2) is 0 Å². The first-order chi connectivity index (χ1) is 14.1. The Labute approximate surface area is 172 Å². The summed E-state index contributed by atoms with van der Waals surface area (Å²) in [6.45, 7) is 2.65. The smallest absolute Gasteiger partial charge is 0.253 e. The lowest BCUT2D eigenvalue weighted by molar-refractivity contribution is -0.132. The van der Waals surface area contributed by atoms with Crippen LogP contribution >= 0.6 is 0 Å². The normalized spacial score (nSPS) is 11.0. The fraction of sp³-hybridized carbons (Fsp3) is 0.292. The lowest BCUT2D eigenvalue weighted by Gasteiger charge is -2.17. The number of aryl methyl sites for hydroxylation is 1. The highest BCUT2D eigenvalue weighted by Gasteiger charge is 2.20. The Kier molecular flexibility index (Phi) is 8.63. The minimum atomic E-state index is -0.749. The van der Waals surface area contributed by atoms with Crippen LogP contribution in [0.25, 0.3) is 0 Å². The van der Waals surface area contributed by atoms with Crippen molar-refractivity contribution in [3.8, 4) is 36.2 Å². The number of terminal acetylenes is 2. The summed E-state index contributed by atoms with van der Waals surface area (Å²) in [5, 5.41) is 2.91. The number of carbonyl (C=O) groups is 1. The van der Waals surface area contributed by atoms with Gasteiger partial charge in [-0.2, -0.15) is 0 Å². The number of nitrogens with one attached hydrogen (secondary N) is 1. The van der Waals surface area contributed by atoms with Gasteiger partial charge >= 0.3 is 0 Å². The van der Waals surface area contributed by atoms with Gasteiger partial charge in [0.05, 0.1) is 7.11 Å². The van der Waals surface area contributed by atoms with Gasteiger partial charge in [-0.15, -0.1) is 12.8 Å². The summed E-state index contributed by atoms with van der Waals surface area (Å²) in [5.74, 6) is 5.78. The summed E-state index contributed by atoms with van der Waals surface area (Å²) in [5.41, 5.74) is 2.86. The highest BCUT2D eigenvalue weighted by atomic mass is 16.5. The molecule has 2 aromatic rings. The number of ether oxygens (including phenoxy) is 3. The molecule has 0 saturated heterocycles. The first-order valence-corrected chi connectivity index (χ1v) is 9.21. The molecule has 5 heteroatoms. The molecule has 0 aliphatic rings. The molecule has 0 aliphatic heterocycles. The van der Waals surface area contributed by atoms with Crippen LogP contribution in [-0.4, -0.2) is 32.8 Å². The van der Waals surface area contributed by atoms with Gasteiger partial charge in [-0.3, -0.25) is 4.79 Å². The van der Waals surface area contributed by atoms with E-state index in [0.29, 0.717) is 24.5 Å². The number of carbonyl (C=O) groups excluding carboxylic acids is 1. The maximum Gasteiger partial charge on any atom is 0.253 e. The van der Waals surface area contributed by atoms with Crippen LogP contribution in [0.3, 0.4) is 0 Å². The highest BCUT2D eigenvalue weighted by molar-refractivity contribution is 5.82. The van der Waals surface area contributed by atoms with E-state index in [9.17, 15) is 4.79 Å². The van der Waals surface area contributed by atoms with E-state index >= 15 is 0 Å². The zero-order valence-electron chi connectivity index (χ0n) is 16.7. The number of amides is 1. The monoisotopic (exact) mass is 391 g/mol. The van der Waals surface area contributed by atoms with Crippen molar-refractivity contribution in [2.45, 2.75) is 19.4 Å². The van der Waals surface area contributed by atoms with Crippen molar-refractivity contribution in [1.82, 2.24) is 5.32 Å². The topological polar surface area (TPSA) is 56.8 Å². The van der Waals surface area contributed by atoms with Gasteiger partial charge in [0.15, 0.2) is 17.6 Å². The third-order valence-corrected chi connectivity index (χ3v) is 4.20. The molecule has 0 saturated carbocycles. The molecule has 0 spiro atoms. The summed E-state index contributed by atoms with van der Waals surface area (Å²) in [6, 6.07) is 13.2. The molecule has 0 aliphatic carbocycles. The summed E-state index contributed by atoms with van der Waals surface area (Å²) in [4.78, 5) is 12.7. The zero-order valence-corrected chi connectivity index (χ0v) is 16.7. The SMILES string of the molecule is C#CCOc1ccc(CCNC(=O)[C@@H](OCC#C)c2ccc(C)cc2)cc1OC. The second-order valence-corrected chi connectivity index (χ2v) is 6.32. The van der Waals surface area contributed by atoms with Crippen molar-refractivity contribution >= 4 is 5.91 Å². The Morgan fingerprint density at radius 1 is 1.07 bits per heavy atom. The first-order valence-electron chi connectivity index (χ1n) is 9.21. The quantitative estimate of drug-likeness (QED) is 0.633. The van der Waals surface area contributed by atoms with Crippen molar-refractivity contribution in [2.75, 3.05) is 26.9 Å². The van der Waals surface area contributed by atoms with Gasteiger partial charge in [0.2, 0.25) is 0 Å². The molecule has 0 fully saturated rings. The molecule has 0 unspecified atom stereocenters. The number of rotatable bonds is 10. The van der Waals surface area contributed by atoms with Gasteiger partial charge < -0.3 is 19.5 Å². The Morgan fingerprint density at radius 2 is 1.79 bits per heavy atom. The van der Waals surface area contributed by atoms with E-state index < -0.39 is 6.10 Å². The molecular weight excluding hydrogens is 366 g/mol. The molecular formula is C24H25NO4. The average molecular weight is 391 g/mol. The van der Waals surface area contributed by atoms with Crippen LogP contribution in [0, 0.1) is 31.6 Å². The van der Waals surface area contributed by atoms with E-state index in [1.165, 1.54) is 0 Å². The fourth-order valence-electron chi connectivity index (χ4n) is 2.72. The van der Waals surface area contributed by atoms with Gasteiger partial charge in [-0.1, -0.05) is 47.7 Å². The molecule has 0 radical (unpaired) electrons. The summed E-state index contributed by atoms with van der Waals surface area (Å²) in [6.07, 6.45) is 10.4. The Morgan fingerprint density at radius 3 is 2.45 bits per heavy atom. The van der Waals surface area contributed by atoms with Crippen molar-refractivity contribution in [1.29, 1.82) is 0 Å². The van der Waals surface area contributed by atoms with E-state index in [1.807, 2.05) is 43.3 Å². The number of methoxy groups -OCH3 is 1. The fourth-order valence-corrected chi connectivity index (χ4v) is 2.72.